The van der Waals surface area contributed by atoms with Gasteiger partial charge < -0.3 is 5.32 Å². The van der Waals surface area contributed by atoms with E-state index < -0.39 is 23.8 Å². The van der Waals surface area contributed by atoms with E-state index in [1.54, 1.807) is 19.1 Å². The van der Waals surface area contributed by atoms with Gasteiger partial charge in [-0.05, 0) is 36.6 Å². The summed E-state index contributed by atoms with van der Waals surface area (Å²) in [5.74, 6) is -1.60. The molecule has 28 heavy (non-hydrogen) atoms. The quantitative estimate of drug-likeness (QED) is 0.591. The van der Waals surface area contributed by atoms with Crippen molar-refractivity contribution in [1.29, 1.82) is 0 Å². The third-order valence-corrected chi connectivity index (χ3v) is 4.78. The SMILES string of the molecule is Cc1c(NCc2ccccc2)cccc1C(=O)N(C=O)C1CCC(=O)NC1=O. The fraction of sp³-hybridized carbons (Fsp3) is 0.238. The maximum absolute atomic E-state index is 13.0. The molecule has 0 saturated carbocycles. The number of rotatable bonds is 6. The number of nitrogens with zero attached hydrogens (tertiary/aromatic N) is 1. The van der Waals surface area contributed by atoms with Crippen molar-refractivity contribution in [3.05, 3.63) is 65.2 Å². The number of amides is 4. The molecule has 1 atom stereocenters. The van der Waals surface area contributed by atoms with Crippen molar-refractivity contribution < 1.29 is 19.2 Å². The Morgan fingerprint density at radius 3 is 2.61 bits per heavy atom. The van der Waals surface area contributed by atoms with E-state index in [1.165, 1.54) is 0 Å². The number of hydrogen-bond donors (Lipinski definition) is 2. The Bertz CT molecular complexity index is 911. The van der Waals surface area contributed by atoms with E-state index >= 15 is 0 Å². The minimum absolute atomic E-state index is 0.0890. The molecule has 0 radical (unpaired) electrons. The summed E-state index contributed by atoms with van der Waals surface area (Å²) in [5.41, 5.74) is 2.87. The maximum atomic E-state index is 13.0. The number of imide groups is 2. The standard InChI is InChI=1S/C21H21N3O4/c1-14-16(8-5-9-17(14)22-12-15-6-3-2-4-7-15)21(28)24(13-25)18-10-11-19(26)23-20(18)27/h2-9,13,18,22H,10-12H2,1H3,(H,23,26,27). The van der Waals surface area contributed by atoms with Crippen molar-refractivity contribution >= 4 is 29.8 Å². The summed E-state index contributed by atoms with van der Waals surface area (Å²) < 4.78 is 0. The number of piperidine rings is 1. The van der Waals surface area contributed by atoms with Crippen LogP contribution in [0.1, 0.15) is 34.3 Å². The minimum atomic E-state index is -0.983. The third kappa shape index (κ3) is 4.09. The van der Waals surface area contributed by atoms with Crippen LogP contribution in [0.2, 0.25) is 0 Å². The van der Waals surface area contributed by atoms with Crippen LogP contribution >= 0.6 is 0 Å². The smallest absolute Gasteiger partial charge is 0.261 e. The van der Waals surface area contributed by atoms with Crippen LogP contribution in [0, 0.1) is 6.92 Å². The summed E-state index contributed by atoms with van der Waals surface area (Å²) in [6, 6.07) is 14.0. The van der Waals surface area contributed by atoms with Crippen molar-refractivity contribution in [1.82, 2.24) is 10.2 Å². The third-order valence-electron chi connectivity index (χ3n) is 4.78. The van der Waals surface area contributed by atoms with Gasteiger partial charge in [0.05, 0.1) is 0 Å². The lowest BCUT2D eigenvalue weighted by Gasteiger charge is -2.29. The van der Waals surface area contributed by atoms with Crippen molar-refractivity contribution in [2.45, 2.75) is 32.4 Å². The Labute approximate surface area is 162 Å². The molecule has 144 valence electrons. The molecule has 1 aliphatic heterocycles. The van der Waals surface area contributed by atoms with Gasteiger partial charge in [-0.1, -0.05) is 36.4 Å². The lowest BCUT2D eigenvalue weighted by atomic mass is 10.0. The van der Waals surface area contributed by atoms with Crippen LogP contribution in [0.25, 0.3) is 0 Å². The first-order chi connectivity index (χ1) is 13.5. The lowest BCUT2D eigenvalue weighted by molar-refractivity contribution is -0.139. The number of nitrogens with one attached hydrogen (secondary N) is 2. The zero-order valence-electron chi connectivity index (χ0n) is 15.5. The largest absolute Gasteiger partial charge is 0.381 e. The number of hydrogen-bond acceptors (Lipinski definition) is 5. The summed E-state index contributed by atoms with van der Waals surface area (Å²) in [6.45, 7) is 2.37. The van der Waals surface area contributed by atoms with E-state index in [1.807, 2.05) is 36.4 Å². The second kappa shape index (κ2) is 8.47. The highest BCUT2D eigenvalue weighted by Crippen LogP contribution is 2.23. The molecule has 2 N–H and O–H groups in total. The molecule has 4 amide bonds. The molecule has 0 aromatic heterocycles. The second-order valence-electron chi connectivity index (χ2n) is 6.60. The van der Waals surface area contributed by atoms with E-state index in [0.717, 1.165) is 16.2 Å². The van der Waals surface area contributed by atoms with Gasteiger partial charge in [-0.15, -0.1) is 0 Å². The van der Waals surface area contributed by atoms with Crippen LogP contribution in [-0.4, -0.2) is 35.1 Å². The van der Waals surface area contributed by atoms with E-state index in [0.29, 0.717) is 24.1 Å². The number of carbonyl (C=O) groups is 4. The van der Waals surface area contributed by atoms with Crippen molar-refractivity contribution in [2.24, 2.45) is 0 Å². The van der Waals surface area contributed by atoms with Crippen molar-refractivity contribution in [3.63, 3.8) is 0 Å². The van der Waals surface area contributed by atoms with Gasteiger partial charge in [-0.3, -0.25) is 29.4 Å². The van der Waals surface area contributed by atoms with E-state index in [2.05, 4.69) is 10.6 Å². The maximum Gasteiger partial charge on any atom is 0.261 e. The second-order valence-corrected chi connectivity index (χ2v) is 6.60. The van der Waals surface area contributed by atoms with Gasteiger partial charge in [-0.2, -0.15) is 0 Å². The first kappa shape index (κ1) is 19.3. The Balaban J connectivity index is 1.80. The zero-order chi connectivity index (χ0) is 20.1. The first-order valence-corrected chi connectivity index (χ1v) is 9.00. The van der Waals surface area contributed by atoms with E-state index in [-0.39, 0.29) is 12.8 Å². The predicted octanol–water partition coefficient (Wildman–Crippen LogP) is 2.01. The van der Waals surface area contributed by atoms with E-state index in [9.17, 15) is 19.2 Å². The Morgan fingerprint density at radius 2 is 1.93 bits per heavy atom. The van der Waals surface area contributed by atoms with Gasteiger partial charge in [-0.25, -0.2) is 0 Å². The molecule has 2 aromatic carbocycles. The summed E-state index contributed by atoms with van der Waals surface area (Å²) >= 11 is 0. The monoisotopic (exact) mass is 379 g/mol. The molecule has 0 spiro atoms. The predicted molar refractivity (Wildman–Crippen MR) is 103 cm³/mol. The van der Waals surface area contributed by atoms with Crippen LogP contribution in [0.3, 0.4) is 0 Å². The van der Waals surface area contributed by atoms with Gasteiger partial charge in [0.15, 0.2) is 0 Å². The van der Waals surface area contributed by atoms with E-state index in [4.69, 9.17) is 0 Å². The Hall–Kier alpha value is -3.48. The summed E-state index contributed by atoms with van der Waals surface area (Å²) in [6.07, 6.45) is 0.567. The molecule has 7 heteroatoms. The fourth-order valence-corrected chi connectivity index (χ4v) is 3.20. The van der Waals surface area contributed by atoms with Gasteiger partial charge in [0.25, 0.3) is 5.91 Å². The summed E-state index contributed by atoms with van der Waals surface area (Å²) in [5, 5.41) is 5.46. The van der Waals surface area contributed by atoms with Gasteiger partial charge in [0, 0.05) is 24.2 Å². The zero-order valence-corrected chi connectivity index (χ0v) is 15.5. The average Bonchev–Trinajstić information content (AvgIpc) is 2.70. The molecule has 0 aliphatic carbocycles. The Kier molecular flexibility index (Phi) is 5.84. The molecule has 1 heterocycles. The summed E-state index contributed by atoms with van der Waals surface area (Å²) in [4.78, 5) is 48.8. The minimum Gasteiger partial charge on any atom is -0.381 e. The molecular formula is C21H21N3O4. The molecule has 1 saturated heterocycles. The van der Waals surface area contributed by atoms with Gasteiger partial charge in [0.2, 0.25) is 18.2 Å². The van der Waals surface area contributed by atoms with Crippen molar-refractivity contribution in [2.75, 3.05) is 5.32 Å². The van der Waals surface area contributed by atoms with Crippen LogP contribution in [0.5, 0.6) is 0 Å². The fourth-order valence-electron chi connectivity index (χ4n) is 3.20. The van der Waals surface area contributed by atoms with Crippen LogP contribution in [-0.2, 0) is 20.9 Å². The van der Waals surface area contributed by atoms with Crippen molar-refractivity contribution in [3.8, 4) is 0 Å². The highest BCUT2D eigenvalue weighted by atomic mass is 16.2. The molecule has 3 rings (SSSR count). The molecule has 2 aromatic rings. The number of anilines is 1. The molecule has 1 fully saturated rings. The lowest BCUT2D eigenvalue weighted by Crippen LogP contribution is -2.53. The van der Waals surface area contributed by atoms with Crippen LogP contribution in [0.4, 0.5) is 5.69 Å². The normalized spacial score (nSPS) is 16.2. The molecular weight excluding hydrogens is 358 g/mol. The van der Waals surface area contributed by atoms with Gasteiger partial charge in [0.1, 0.15) is 6.04 Å². The highest BCUT2D eigenvalue weighted by molar-refractivity contribution is 6.08. The molecule has 1 aliphatic rings. The van der Waals surface area contributed by atoms with Crippen LogP contribution < -0.4 is 10.6 Å². The van der Waals surface area contributed by atoms with Gasteiger partial charge >= 0.3 is 0 Å². The molecule has 1 unspecified atom stereocenters. The number of carbonyl (C=O) groups excluding carboxylic acids is 4. The number of benzene rings is 2. The Morgan fingerprint density at radius 1 is 1.18 bits per heavy atom. The molecule has 7 nitrogen and oxygen atoms in total. The topological polar surface area (TPSA) is 95.6 Å². The first-order valence-electron chi connectivity index (χ1n) is 9.00. The molecule has 0 bridgehead atoms. The van der Waals surface area contributed by atoms with Crippen LogP contribution in [0.15, 0.2) is 48.5 Å². The average molecular weight is 379 g/mol. The summed E-state index contributed by atoms with van der Waals surface area (Å²) in [7, 11) is 0. The highest BCUT2D eigenvalue weighted by Gasteiger charge is 2.35.